The first-order valence-corrected chi connectivity index (χ1v) is 9.28. The Morgan fingerprint density at radius 3 is 2.27 bits per heavy atom. The summed E-state index contributed by atoms with van der Waals surface area (Å²) < 4.78 is 0. The molecule has 0 heterocycles. The van der Waals surface area contributed by atoms with Crippen molar-refractivity contribution in [2.75, 3.05) is 7.05 Å². The first kappa shape index (κ1) is 20.1. The summed E-state index contributed by atoms with van der Waals surface area (Å²) in [5, 5.41) is 22.4. The molecule has 0 aliphatic heterocycles. The van der Waals surface area contributed by atoms with Gasteiger partial charge in [0.2, 0.25) is 0 Å². The Bertz CT molecular complexity index is 655. The Hall–Kier alpha value is -2.17. The molecule has 0 aliphatic rings. The Balaban J connectivity index is 1.80. The fourth-order valence-corrected chi connectivity index (χ4v) is 3.12. The summed E-state index contributed by atoms with van der Waals surface area (Å²) in [7, 11) is 1.96. The lowest BCUT2D eigenvalue weighted by atomic mass is 9.96. The lowest BCUT2D eigenvalue weighted by Gasteiger charge is -2.19. The molecule has 0 aromatic heterocycles. The third-order valence-corrected chi connectivity index (χ3v) is 4.74. The molecule has 4 heteroatoms. The zero-order valence-electron chi connectivity index (χ0n) is 15.4. The quantitative estimate of drug-likeness (QED) is 0.574. The van der Waals surface area contributed by atoms with Crippen LogP contribution in [0.25, 0.3) is 0 Å². The molecule has 0 saturated heterocycles. The number of aliphatic hydroxyl groups is 1. The van der Waals surface area contributed by atoms with E-state index in [0.29, 0.717) is 12.5 Å². The van der Waals surface area contributed by atoms with Crippen molar-refractivity contribution in [3.8, 4) is 0 Å². The average Bonchev–Trinajstić information content (AvgIpc) is 2.66. The van der Waals surface area contributed by atoms with Gasteiger partial charge >= 0.3 is 5.97 Å². The van der Waals surface area contributed by atoms with Crippen molar-refractivity contribution in [1.29, 1.82) is 0 Å². The molecule has 3 N–H and O–H groups in total. The number of hydrogen-bond donors (Lipinski definition) is 3. The van der Waals surface area contributed by atoms with Crippen LogP contribution in [0.3, 0.4) is 0 Å². The highest BCUT2D eigenvalue weighted by Gasteiger charge is 2.12. The first-order chi connectivity index (χ1) is 12.6. The van der Waals surface area contributed by atoms with Gasteiger partial charge in [0.15, 0.2) is 0 Å². The Morgan fingerprint density at radius 1 is 1.00 bits per heavy atom. The van der Waals surface area contributed by atoms with Crippen molar-refractivity contribution < 1.29 is 15.0 Å². The minimum Gasteiger partial charge on any atom is -0.481 e. The number of carbonyl (C=O) groups is 1. The predicted molar refractivity (Wildman–Crippen MR) is 104 cm³/mol. The van der Waals surface area contributed by atoms with E-state index in [0.717, 1.165) is 31.2 Å². The van der Waals surface area contributed by atoms with Crippen molar-refractivity contribution in [3.63, 3.8) is 0 Å². The molecule has 26 heavy (non-hydrogen) atoms. The maximum absolute atomic E-state index is 10.6. The molecule has 2 aromatic rings. The smallest absolute Gasteiger partial charge is 0.303 e. The van der Waals surface area contributed by atoms with E-state index in [1.807, 2.05) is 37.4 Å². The number of benzene rings is 2. The largest absolute Gasteiger partial charge is 0.481 e. The molecule has 0 bridgehead atoms. The highest BCUT2D eigenvalue weighted by Crippen LogP contribution is 2.20. The molecule has 2 rings (SSSR count). The minimum absolute atomic E-state index is 0.216. The van der Waals surface area contributed by atoms with Crippen LogP contribution in [0.5, 0.6) is 0 Å². The zero-order chi connectivity index (χ0) is 18.8. The van der Waals surface area contributed by atoms with E-state index in [4.69, 9.17) is 5.11 Å². The molecule has 0 saturated carbocycles. The van der Waals surface area contributed by atoms with E-state index in [-0.39, 0.29) is 6.42 Å². The number of hydrogen-bond acceptors (Lipinski definition) is 3. The number of aliphatic hydroxyl groups excluding tert-OH is 1. The van der Waals surface area contributed by atoms with Crippen molar-refractivity contribution in [3.05, 3.63) is 71.3 Å². The lowest BCUT2D eigenvalue weighted by molar-refractivity contribution is -0.137. The van der Waals surface area contributed by atoms with Crippen LogP contribution in [0.4, 0.5) is 0 Å². The van der Waals surface area contributed by atoms with E-state index in [9.17, 15) is 9.90 Å². The molecule has 2 unspecified atom stereocenters. The topological polar surface area (TPSA) is 69.6 Å². The molecule has 2 atom stereocenters. The first-order valence-electron chi connectivity index (χ1n) is 9.28. The van der Waals surface area contributed by atoms with Crippen LogP contribution in [-0.2, 0) is 17.6 Å². The lowest BCUT2D eigenvalue weighted by Crippen LogP contribution is -2.28. The summed E-state index contributed by atoms with van der Waals surface area (Å²) in [5.74, 6) is -0.740. The number of aryl methyl sites for hydroxylation is 1. The van der Waals surface area contributed by atoms with E-state index >= 15 is 0 Å². The second-order valence-corrected chi connectivity index (χ2v) is 6.76. The average molecular weight is 355 g/mol. The number of carboxylic acids is 1. The highest BCUT2D eigenvalue weighted by molar-refractivity contribution is 5.66. The van der Waals surface area contributed by atoms with Crippen LogP contribution in [-0.4, -0.2) is 29.3 Å². The fourth-order valence-electron chi connectivity index (χ4n) is 3.12. The maximum atomic E-state index is 10.6. The molecule has 0 radical (unpaired) electrons. The molecular formula is C22H29NO3. The van der Waals surface area contributed by atoms with Gasteiger partial charge in [0.25, 0.3) is 0 Å². The van der Waals surface area contributed by atoms with Crippen molar-refractivity contribution in [2.24, 2.45) is 0 Å². The number of aliphatic carboxylic acids is 1. The number of nitrogens with one attached hydrogen (secondary N) is 1. The summed E-state index contributed by atoms with van der Waals surface area (Å²) in [6.45, 7) is 0. The Morgan fingerprint density at radius 2 is 1.65 bits per heavy atom. The predicted octanol–water partition coefficient (Wildman–Crippen LogP) is 3.74. The van der Waals surface area contributed by atoms with Crippen LogP contribution in [0, 0.1) is 0 Å². The van der Waals surface area contributed by atoms with Gasteiger partial charge in [-0.25, -0.2) is 0 Å². The summed E-state index contributed by atoms with van der Waals surface area (Å²) in [4.78, 5) is 10.6. The highest BCUT2D eigenvalue weighted by atomic mass is 16.4. The molecule has 4 nitrogen and oxygen atoms in total. The minimum atomic E-state index is -0.740. The van der Waals surface area contributed by atoms with E-state index in [2.05, 4.69) is 29.6 Å². The van der Waals surface area contributed by atoms with Crippen molar-refractivity contribution in [1.82, 2.24) is 5.32 Å². The number of rotatable bonds is 11. The molecule has 0 spiro atoms. The van der Waals surface area contributed by atoms with Crippen LogP contribution in [0.1, 0.15) is 48.5 Å². The van der Waals surface area contributed by atoms with Gasteiger partial charge in [0.05, 0.1) is 6.10 Å². The summed E-state index contributed by atoms with van der Waals surface area (Å²) >= 11 is 0. The van der Waals surface area contributed by atoms with Crippen LogP contribution in [0.2, 0.25) is 0 Å². The normalized spacial score (nSPS) is 13.3. The SMILES string of the molecule is CNC(CCC(O)c1ccccc1)Cc1ccc(CCCC(=O)O)cc1. The van der Waals surface area contributed by atoms with Gasteiger partial charge < -0.3 is 15.5 Å². The van der Waals surface area contributed by atoms with Gasteiger partial charge in [-0.2, -0.15) is 0 Å². The van der Waals surface area contributed by atoms with Gasteiger partial charge in [-0.05, 0) is 55.8 Å². The number of likely N-dealkylation sites (N-methyl/N-ethyl adjacent to an activating group) is 1. The van der Waals surface area contributed by atoms with Crippen molar-refractivity contribution >= 4 is 5.97 Å². The van der Waals surface area contributed by atoms with Gasteiger partial charge in [-0.3, -0.25) is 4.79 Å². The van der Waals surface area contributed by atoms with Gasteiger partial charge in [-0.15, -0.1) is 0 Å². The van der Waals surface area contributed by atoms with Crippen LogP contribution in [0.15, 0.2) is 54.6 Å². The molecule has 140 valence electrons. The van der Waals surface area contributed by atoms with E-state index in [1.165, 1.54) is 11.1 Å². The summed E-state index contributed by atoms with van der Waals surface area (Å²) in [6.07, 6.45) is 3.79. The molecule has 0 fully saturated rings. The van der Waals surface area contributed by atoms with Crippen LogP contribution < -0.4 is 5.32 Å². The second-order valence-electron chi connectivity index (χ2n) is 6.76. The molecule has 0 amide bonds. The molecule has 2 aromatic carbocycles. The summed E-state index contributed by atoms with van der Waals surface area (Å²) in [6, 6.07) is 18.5. The zero-order valence-corrected chi connectivity index (χ0v) is 15.4. The second kappa shape index (κ2) is 10.7. The van der Waals surface area contributed by atoms with E-state index in [1.54, 1.807) is 0 Å². The van der Waals surface area contributed by atoms with Gasteiger partial charge in [0.1, 0.15) is 0 Å². The fraction of sp³-hybridized carbons (Fsp3) is 0.409. The molecule has 0 aliphatic carbocycles. The van der Waals surface area contributed by atoms with Gasteiger partial charge in [0, 0.05) is 12.5 Å². The monoisotopic (exact) mass is 355 g/mol. The Labute approximate surface area is 155 Å². The number of carboxylic acid groups (broad SMARTS) is 1. The third-order valence-electron chi connectivity index (χ3n) is 4.74. The Kier molecular flexibility index (Phi) is 8.32. The van der Waals surface area contributed by atoms with Crippen LogP contribution >= 0.6 is 0 Å². The van der Waals surface area contributed by atoms with Crippen molar-refractivity contribution in [2.45, 2.75) is 50.7 Å². The van der Waals surface area contributed by atoms with E-state index < -0.39 is 12.1 Å². The molecular weight excluding hydrogens is 326 g/mol. The maximum Gasteiger partial charge on any atom is 0.303 e. The summed E-state index contributed by atoms with van der Waals surface area (Å²) in [5.41, 5.74) is 3.39. The third kappa shape index (κ3) is 6.98. The van der Waals surface area contributed by atoms with Gasteiger partial charge in [-0.1, -0.05) is 54.6 Å². The standard InChI is InChI=1S/C22H29NO3/c1-23-20(14-15-21(24)19-7-3-2-4-8-19)16-18-12-10-17(11-13-18)6-5-9-22(25)26/h2-4,7-8,10-13,20-21,23-24H,5-6,9,14-16H2,1H3,(H,25,26).